The van der Waals surface area contributed by atoms with Gasteiger partial charge in [0.15, 0.2) is 11.5 Å². The molecule has 0 saturated carbocycles. The minimum atomic E-state index is -0.123. The SMILES string of the molecule is Cc1ccc(C(Cl)Cc2nc3ccccc3o2)cc1C. The second-order valence-electron chi connectivity index (χ2n) is 5.09. The van der Waals surface area contributed by atoms with Crippen molar-refractivity contribution in [2.75, 3.05) is 0 Å². The Balaban J connectivity index is 1.84. The van der Waals surface area contributed by atoms with Crippen molar-refractivity contribution in [2.24, 2.45) is 0 Å². The molecule has 0 aliphatic heterocycles. The van der Waals surface area contributed by atoms with Crippen LogP contribution in [0, 0.1) is 13.8 Å². The molecule has 2 nitrogen and oxygen atoms in total. The molecule has 1 atom stereocenters. The first-order valence-electron chi connectivity index (χ1n) is 6.69. The number of oxazole rings is 1. The maximum Gasteiger partial charge on any atom is 0.197 e. The molecular weight excluding hydrogens is 270 g/mol. The summed E-state index contributed by atoms with van der Waals surface area (Å²) in [6, 6.07) is 14.1. The number of para-hydroxylation sites is 2. The molecule has 0 amide bonds. The van der Waals surface area contributed by atoms with Gasteiger partial charge in [-0.1, -0.05) is 30.3 Å². The third-order valence-electron chi connectivity index (χ3n) is 3.58. The van der Waals surface area contributed by atoms with Crippen molar-refractivity contribution in [3.05, 3.63) is 65.0 Å². The molecule has 1 unspecified atom stereocenters. The fraction of sp³-hybridized carbons (Fsp3) is 0.235. The zero-order chi connectivity index (χ0) is 14.1. The first-order chi connectivity index (χ1) is 9.63. The van der Waals surface area contributed by atoms with Crippen molar-refractivity contribution in [3.63, 3.8) is 0 Å². The number of aryl methyl sites for hydroxylation is 2. The van der Waals surface area contributed by atoms with E-state index in [9.17, 15) is 0 Å². The number of hydrogen-bond acceptors (Lipinski definition) is 2. The monoisotopic (exact) mass is 285 g/mol. The summed E-state index contributed by atoms with van der Waals surface area (Å²) in [6.45, 7) is 4.20. The van der Waals surface area contributed by atoms with Crippen LogP contribution in [0.5, 0.6) is 0 Å². The topological polar surface area (TPSA) is 26.0 Å². The predicted octanol–water partition coefficient (Wildman–Crippen LogP) is 4.97. The quantitative estimate of drug-likeness (QED) is 0.635. The Morgan fingerprint density at radius 3 is 2.65 bits per heavy atom. The molecule has 1 heterocycles. The molecule has 0 bridgehead atoms. The molecule has 1 aromatic heterocycles. The molecule has 3 aromatic rings. The lowest BCUT2D eigenvalue weighted by Crippen LogP contribution is -1.97. The van der Waals surface area contributed by atoms with Gasteiger partial charge in [0.2, 0.25) is 0 Å². The molecule has 3 rings (SSSR count). The third kappa shape index (κ3) is 2.56. The fourth-order valence-corrected chi connectivity index (χ4v) is 2.51. The second-order valence-corrected chi connectivity index (χ2v) is 5.62. The van der Waals surface area contributed by atoms with E-state index < -0.39 is 0 Å². The van der Waals surface area contributed by atoms with Crippen LogP contribution in [0.1, 0.15) is 28.0 Å². The minimum absolute atomic E-state index is 0.123. The van der Waals surface area contributed by atoms with E-state index >= 15 is 0 Å². The molecule has 2 aromatic carbocycles. The largest absolute Gasteiger partial charge is 0.441 e. The van der Waals surface area contributed by atoms with E-state index in [2.05, 4.69) is 37.0 Å². The summed E-state index contributed by atoms with van der Waals surface area (Å²) >= 11 is 6.49. The van der Waals surface area contributed by atoms with E-state index in [-0.39, 0.29) is 5.38 Å². The van der Waals surface area contributed by atoms with Crippen LogP contribution in [-0.2, 0) is 6.42 Å². The molecule has 0 radical (unpaired) electrons. The summed E-state index contributed by atoms with van der Waals surface area (Å²) < 4.78 is 5.72. The van der Waals surface area contributed by atoms with E-state index in [1.165, 1.54) is 11.1 Å². The van der Waals surface area contributed by atoms with Gasteiger partial charge in [-0.2, -0.15) is 0 Å². The summed E-state index contributed by atoms with van der Waals surface area (Å²) in [5.74, 6) is 0.685. The molecule has 0 saturated heterocycles. The average molecular weight is 286 g/mol. The smallest absolute Gasteiger partial charge is 0.197 e. The van der Waals surface area contributed by atoms with Gasteiger partial charge < -0.3 is 4.42 Å². The van der Waals surface area contributed by atoms with Gasteiger partial charge in [-0.05, 0) is 42.7 Å². The van der Waals surface area contributed by atoms with Gasteiger partial charge in [0.1, 0.15) is 5.52 Å². The molecule has 0 spiro atoms. The average Bonchev–Trinajstić information content (AvgIpc) is 2.83. The van der Waals surface area contributed by atoms with Crippen molar-refractivity contribution in [1.29, 1.82) is 0 Å². The Bertz CT molecular complexity index is 715. The van der Waals surface area contributed by atoms with Gasteiger partial charge >= 0.3 is 0 Å². The third-order valence-corrected chi connectivity index (χ3v) is 3.99. The molecule has 20 heavy (non-hydrogen) atoms. The maximum absolute atomic E-state index is 6.49. The van der Waals surface area contributed by atoms with Crippen LogP contribution in [0.25, 0.3) is 11.1 Å². The normalized spacial score (nSPS) is 12.8. The van der Waals surface area contributed by atoms with Crippen LogP contribution >= 0.6 is 11.6 Å². The number of alkyl halides is 1. The number of benzene rings is 2. The molecular formula is C17H16ClNO. The van der Waals surface area contributed by atoms with Gasteiger partial charge in [0, 0.05) is 6.42 Å². The van der Waals surface area contributed by atoms with Crippen molar-refractivity contribution in [3.8, 4) is 0 Å². The number of fused-ring (bicyclic) bond motifs is 1. The van der Waals surface area contributed by atoms with E-state index in [0.29, 0.717) is 12.3 Å². The highest BCUT2D eigenvalue weighted by Gasteiger charge is 2.14. The maximum atomic E-state index is 6.49. The standard InChI is InChI=1S/C17H16ClNO/c1-11-7-8-13(9-12(11)2)14(18)10-17-19-15-5-3-4-6-16(15)20-17/h3-9,14H,10H2,1-2H3. The van der Waals surface area contributed by atoms with E-state index in [1.807, 2.05) is 24.3 Å². The molecule has 0 N–H and O–H groups in total. The van der Waals surface area contributed by atoms with E-state index in [1.54, 1.807) is 0 Å². The Morgan fingerprint density at radius 1 is 1.10 bits per heavy atom. The Hall–Kier alpha value is -1.80. The summed E-state index contributed by atoms with van der Waals surface area (Å²) in [4.78, 5) is 4.47. The van der Waals surface area contributed by atoms with Crippen LogP contribution in [0.3, 0.4) is 0 Å². The molecule has 0 aliphatic carbocycles. The van der Waals surface area contributed by atoms with Crippen molar-refractivity contribution in [2.45, 2.75) is 25.6 Å². The lowest BCUT2D eigenvalue weighted by molar-refractivity contribution is 0.525. The lowest BCUT2D eigenvalue weighted by atomic mass is 10.0. The van der Waals surface area contributed by atoms with Gasteiger partial charge in [-0.3, -0.25) is 0 Å². The minimum Gasteiger partial charge on any atom is -0.441 e. The van der Waals surface area contributed by atoms with Crippen molar-refractivity contribution >= 4 is 22.7 Å². The summed E-state index contributed by atoms with van der Waals surface area (Å²) in [5, 5.41) is -0.123. The fourth-order valence-electron chi connectivity index (χ4n) is 2.24. The summed E-state index contributed by atoms with van der Waals surface area (Å²) in [6.07, 6.45) is 0.596. The first kappa shape index (κ1) is 13.2. The van der Waals surface area contributed by atoms with Crippen LogP contribution in [0.2, 0.25) is 0 Å². The Kier molecular flexibility index (Phi) is 3.49. The molecule has 0 aliphatic rings. The Morgan fingerprint density at radius 2 is 1.90 bits per heavy atom. The predicted molar refractivity (Wildman–Crippen MR) is 82.2 cm³/mol. The number of hydrogen-bond donors (Lipinski definition) is 0. The van der Waals surface area contributed by atoms with Crippen LogP contribution in [0.15, 0.2) is 46.9 Å². The highest BCUT2D eigenvalue weighted by Crippen LogP contribution is 2.27. The number of aromatic nitrogens is 1. The number of nitrogens with zero attached hydrogens (tertiary/aromatic N) is 1. The highest BCUT2D eigenvalue weighted by molar-refractivity contribution is 6.20. The molecule has 3 heteroatoms. The van der Waals surface area contributed by atoms with Crippen molar-refractivity contribution < 1.29 is 4.42 Å². The lowest BCUT2D eigenvalue weighted by Gasteiger charge is -2.09. The molecule has 0 fully saturated rings. The van der Waals surface area contributed by atoms with E-state index in [0.717, 1.165) is 16.7 Å². The number of rotatable bonds is 3. The molecule has 102 valence electrons. The van der Waals surface area contributed by atoms with Gasteiger partial charge in [0.05, 0.1) is 5.38 Å². The van der Waals surface area contributed by atoms with Crippen LogP contribution < -0.4 is 0 Å². The number of halogens is 1. The van der Waals surface area contributed by atoms with Gasteiger partial charge in [-0.15, -0.1) is 11.6 Å². The van der Waals surface area contributed by atoms with E-state index in [4.69, 9.17) is 16.0 Å². The highest BCUT2D eigenvalue weighted by atomic mass is 35.5. The zero-order valence-corrected chi connectivity index (χ0v) is 12.3. The van der Waals surface area contributed by atoms with Crippen LogP contribution in [0.4, 0.5) is 0 Å². The first-order valence-corrected chi connectivity index (χ1v) is 7.13. The van der Waals surface area contributed by atoms with Gasteiger partial charge in [-0.25, -0.2) is 4.98 Å². The summed E-state index contributed by atoms with van der Waals surface area (Å²) in [7, 11) is 0. The second kappa shape index (κ2) is 5.29. The zero-order valence-electron chi connectivity index (χ0n) is 11.6. The Labute approximate surface area is 123 Å². The van der Waals surface area contributed by atoms with Crippen LogP contribution in [-0.4, -0.2) is 4.98 Å². The van der Waals surface area contributed by atoms with Crippen molar-refractivity contribution in [1.82, 2.24) is 4.98 Å². The summed E-state index contributed by atoms with van der Waals surface area (Å²) in [5.41, 5.74) is 5.33. The van der Waals surface area contributed by atoms with Gasteiger partial charge in [0.25, 0.3) is 0 Å².